The summed E-state index contributed by atoms with van der Waals surface area (Å²) >= 11 is 0. The van der Waals surface area contributed by atoms with Gasteiger partial charge in [0.25, 0.3) is 0 Å². The van der Waals surface area contributed by atoms with Crippen molar-refractivity contribution in [2.75, 3.05) is 13.1 Å². The van der Waals surface area contributed by atoms with Crippen LogP contribution in [0, 0.1) is 5.92 Å². The number of phenols is 1. The van der Waals surface area contributed by atoms with E-state index in [4.69, 9.17) is 22.9 Å². The van der Waals surface area contributed by atoms with Gasteiger partial charge in [-0.25, -0.2) is 4.79 Å². The lowest BCUT2D eigenvalue weighted by atomic mass is 10.0. The predicted octanol–water partition coefficient (Wildman–Crippen LogP) is -1.53. The first-order chi connectivity index (χ1) is 22.2. The molecule has 0 fully saturated rings. The summed E-state index contributed by atoms with van der Waals surface area (Å²) in [5.74, 6) is -5.41. The van der Waals surface area contributed by atoms with Gasteiger partial charge in [0.2, 0.25) is 29.5 Å². The van der Waals surface area contributed by atoms with Crippen LogP contribution in [0.15, 0.2) is 24.3 Å². The standard InChI is InChI=1S/C31H52N8O8/c1-18(2)15-23(37-27(42)21(34)7-3-5-13-32)28(43)39-25(17-26(35)41)30(45)38-24(16-19-9-11-20(40)12-10-19)29(44)36-22(31(46)47)8-4-6-14-33/h9-12,18,21-25,40H,3-8,13-17,32-34H2,1-2H3,(H2,35,41)(H,36,44)(H,37,42)(H,38,45)(H,39,43)(H,46,47)/t21-,22-,23-,24-,25-/m0/s1. The maximum absolute atomic E-state index is 13.5. The first kappa shape index (κ1) is 40.7. The molecule has 5 atom stereocenters. The largest absolute Gasteiger partial charge is 0.508 e. The van der Waals surface area contributed by atoms with Crippen molar-refractivity contribution in [3.8, 4) is 5.75 Å². The van der Waals surface area contributed by atoms with E-state index < -0.39 is 72.1 Å². The summed E-state index contributed by atoms with van der Waals surface area (Å²) in [5, 5.41) is 29.3. The molecule has 0 aliphatic heterocycles. The molecule has 0 saturated carbocycles. The number of nitrogens with two attached hydrogens (primary N) is 4. The van der Waals surface area contributed by atoms with Crippen LogP contribution in [0.1, 0.15) is 70.8 Å². The van der Waals surface area contributed by atoms with E-state index in [1.165, 1.54) is 24.3 Å². The summed E-state index contributed by atoms with van der Waals surface area (Å²) in [6.45, 7) is 4.45. The Morgan fingerprint density at radius 1 is 0.702 bits per heavy atom. The number of rotatable bonds is 23. The Balaban J connectivity index is 3.23. The number of carbonyl (C=O) groups is 6. The van der Waals surface area contributed by atoms with Gasteiger partial charge in [0.15, 0.2) is 0 Å². The van der Waals surface area contributed by atoms with Crippen molar-refractivity contribution in [2.24, 2.45) is 28.9 Å². The molecule has 0 bridgehead atoms. The molecule has 0 spiro atoms. The van der Waals surface area contributed by atoms with E-state index in [9.17, 15) is 39.0 Å². The number of primary amides is 1. The van der Waals surface area contributed by atoms with Crippen LogP contribution in [0.2, 0.25) is 0 Å². The Morgan fingerprint density at radius 2 is 1.19 bits per heavy atom. The topological polar surface area (TPSA) is 295 Å². The van der Waals surface area contributed by atoms with Gasteiger partial charge in [-0.3, -0.25) is 24.0 Å². The van der Waals surface area contributed by atoms with Crippen molar-refractivity contribution >= 4 is 35.5 Å². The molecule has 47 heavy (non-hydrogen) atoms. The van der Waals surface area contributed by atoms with Gasteiger partial charge in [-0.1, -0.05) is 32.4 Å². The van der Waals surface area contributed by atoms with E-state index in [1.54, 1.807) is 0 Å². The van der Waals surface area contributed by atoms with Crippen LogP contribution in [0.3, 0.4) is 0 Å². The van der Waals surface area contributed by atoms with Crippen molar-refractivity contribution in [3.05, 3.63) is 29.8 Å². The number of aliphatic carboxylic acids is 1. The minimum absolute atomic E-state index is 0.0339. The second kappa shape index (κ2) is 21.5. The van der Waals surface area contributed by atoms with Crippen LogP contribution < -0.4 is 44.2 Å². The maximum Gasteiger partial charge on any atom is 0.326 e. The first-order valence-electron chi connectivity index (χ1n) is 15.8. The number of amides is 5. The molecule has 16 nitrogen and oxygen atoms in total. The number of nitrogens with one attached hydrogen (secondary N) is 4. The number of hydrogen-bond donors (Lipinski definition) is 10. The third-order valence-electron chi connectivity index (χ3n) is 7.26. The average Bonchev–Trinajstić information content (AvgIpc) is 2.99. The fraction of sp³-hybridized carbons (Fsp3) is 0.613. The molecule has 0 unspecified atom stereocenters. The number of carbonyl (C=O) groups excluding carboxylic acids is 5. The molecule has 0 saturated heterocycles. The molecule has 5 amide bonds. The molecule has 16 heteroatoms. The Morgan fingerprint density at radius 3 is 1.72 bits per heavy atom. The Bertz CT molecular complexity index is 1180. The number of phenolic OH excluding ortho intramolecular Hbond substituents is 1. The molecule has 0 aliphatic rings. The quantitative estimate of drug-likeness (QED) is 0.0598. The highest BCUT2D eigenvalue weighted by atomic mass is 16.4. The number of aromatic hydroxyl groups is 1. The van der Waals surface area contributed by atoms with Gasteiger partial charge < -0.3 is 54.4 Å². The number of carboxylic acid groups (broad SMARTS) is 1. The minimum atomic E-state index is -1.54. The minimum Gasteiger partial charge on any atom is -0.508 e. The van der Waals surface area contributed by atoms with Crippen LogP contribution in [-0.4, -0.2) is 89.0 Å². The molecule has 0 aliphatic carbocycles. The molecule has 14 N–H and O–H groups in total. The third kappa shape index (κ3) is 16.2. The van der Waals surface area contributed by atoms with Gasteiger partial charge in [0.05, 0.1) is 12.5 Å². The number of carboxylic acids is 1. The number of benzene rings is 1. The second-order valence-electron chi connectivity index (χ2n) is 11.9. The molecule has 1 rings (SSSR count). The van der Waals surface area contributed by atoms with Gasteiger partial charge >= 0.3 is 5.97 Å². The number of hydrogen-bond acceptors (Lipinski definition) is 10. The lowest BCUT2D eigenvalue weighted by molar-refractivity contribution is -0.142. The molecule has 264 valence electrons. The molecule has 0 heterocycles. The SMILES string of the molecule is CC(C)C[C@H](NC(=O)[C@@H](N)CCCCN)C(=O)N[C@@H](CC(N)=O)C(=O)N[C@@H](Cc1ccc(O)cc1)C(=O)N[C@@H](CCCCN)C(=O)O. The van der Waals surface area contributed by atoms with Crippen molar-refractivity contribution in [1.82, 2.24) is 21.3 Å². The van der Waals surface area contributed by atoms with Gasteiger partial charge in [-0.2, -0.15) is 0 Å². The van der Waals surface area contributed by atoms with E-state index in [-0.39, 0.29) is 30.9 Å². The summed E-state index contributed by atoms with van der Waals surface area (Å²) in [4.78, 5) is 76.8. The van der Waals surface area contributed by atoms with Crippen molar-refractivity contribution in [2.45, 2.75) is 102 Å². The van der Waals surface area contributed by atoms with E-state index in [0.717, 1.165) is 0 Å². The Labute approximate surface area is 275 Å². The lowest BCUT2D eigenvalue weighted by Crippen LogP contribution is -2.59. The zero-order valence-corrected chi connectivity index (χ0v) is 27.2. The summed E-state index contributed by atoms with van der Waals surface area (Å²) < 4.78 is 0. The maximum atomic E-state index is 13.5. The van der Waals surface area contributed by atoms with Gasteiger partial charge in [-0.15, -0.1) is 0 Å². The molecule has 1 aromatic carbocycles. The third-order valence-corrected chi connectivity index (χ3v) is 7.26. The summed E-state index contributed by atoms with van der Waals surface area (Å²) in [5.41, 5.74) is 22.9. The predicted molar refractivity (Wildman–Crippen MR) is 174 cm³/mol. The fourth-order valence-corrected chi connectivity index (χ4v) is 4.68. The zero-order valence-electron chi connectivity index (χ0n) is 27.2. The normalized spacial score (nSPS) is 14.3. The van der Waals surface area contributed by atoms with Crippen LogP contribution in [0.4, 0.5) is 0 Å². The highest BCUT2D eigenvalue weighted by molar-refractivity contribution is 5.97. The highest BCUT2D eigenvalue weighted by Gasteiger charge is 2.33. The monoisotopic (exact) mass is 664 g/mol. The summed E-state index contributed by atoms with van der Waals surface area (Å²) in [7, 11) is 0. The second-order valence-corrected chi connectivity index (χ2v) is 11.9. The molecule has 1 aromatic rings. The zero-order chi connectivity index (χ0) is 35.5. The first-order valence-corrected chi connectivity index (χ1v) is 15.8. The van der Waals surface area contributed by atoms with Crippen molar-refractivity contribution in [1.29, 1.82) is 0 Å². The smallest absolute Gasteiger partial charge is 0.326 e. The fourth-order valence-electron chi connectivity index (χ4n) is 4.68. The van der Waals surface area contributed by atoms with Gasteiger partial charge in [0.1, 0.15) is 29.9 Å². The number of unbranched alkanes of at least 4 members (excludes halogenated alkanes) is 2. The van der Waals surface area contributed by atoms with E-state index in [2.05, 4.69) is 21.3 Å². The highest BCUT2D eigenvalue weighted by Crippen LogP contribution is 2.13. The summed E-state index contributed by atoms with van der Waals surface area (Å²) in [6, 6.07) is -0.375. The van der Waals surface area contributed by atoms with Crippen molar-refractivity contribution in [3.63, 3.8) is 0 Å². The van der Waals surface area contributed by atoms with Crippen LogP contribution in [0.5, 0.6) is 5.75 Å². The summed E-state index contributed by atoms with van der Waals surface area (Å²) in [6.07, 6.45) is 2.14. The van der Waals surface area contributed by atoms with E-state index in [1.807, 2.05) is 13.8 Å². The van der Waals surface area contributed by atoms with Crippen LogP contribution >= 0.6 is 0 Å². The molecule has 0 radical (unpaired) electrons. The van der Waals surface area contributed by atoms with Crippen LogP contribution in [-0.2, 0) is 35.2 Å². The lowest BCUT2D eigenvalue weighted by Gasteiger charge is -2.27. The molecular weight excluding hydrogens is 612 g/mol. The average molecular weight is 665 g/mol. The Kier molecular flexibility index (Phi) is 18.6. The molecule has 0 aromatic heterocycles. The Hall–Kier alpha value is -4.28. The van der Waals surface area contributed by atoms with Crippen molar-refractivity contribution < 1.29 is 39.0 Å². The molecular formula is C31H52N8O8. The van der Waals surface area contributed by atoms with E-state index in [0.29, 0.717) is 50.8 Å². The van der Waals surface area contributed by atoms with Crippen LogP contribution in [0.25, 0.3) is 0 Å². The van der Waals surface area contributed by atoms with E-state index >= 15 is 0 Å². The van der Waals surface area contributed by atoms with Gasteiger partial charge in [0, 0.05) is 6.42 Å². The van der Waals surface area contributed by atoms with Gasteiger partial charge in [-0.05, 0) is 75.2 Å².